The molecule has 1 aromatic rings. The zero-order valence-electron chi connectivity index (χ0n) is 10.2. The number of carbonyl (C=O) groups is 1. The van der Waals surface area contributed by atoms with E-state index in [0.29, 0.717) is 17.7 Å². The van der Waals surface area contributed by atoms with Gasteiger partial charge in [0.25, 0.3) is 0 Å². The average molecular weight is 269 g/mol. The van der Waals surface area contributed by atoms with E-state index in [1.807, 2.05) is 0 Å². The Kier molecular flexibility index (Phi) is 4.49. The summed E-state index contributed by atoms with van der Waals surface area (Å²) in [5.74, 6) is -0.302. The van der Waals surface area contributed by atoms with Crippen LogP contribution in [0.4, 0.5) is 0 Å². The lowest BCUT2D eigenvalue weighted by Crippen LogP contribution is -2.39. The summed E-state index contributed by atoms with van der Waals surface area (Å²) in [5, 5.41) is 0.376. The minimum absolute atomic E-state index is 0.273. The Labute approximate surface area is 111 Å². The Balaban J connectivity index is 2.03. The summed E-state index contributed by atoms with van der Waals surface area (Å²) < 4.78 is 0. The number of amides is 1. The maximum absolute atomic E-state index is 11.1. The molecule has 1 fully saturated rings. The summed E-state index contributed by atoms with van der Waals surface area (Å²) in [6.07, 6.45) is 7.83. The summed E-state index contributed by atoms with van der Waals surface area (Å²) in [7, 11) is 0. The van der Waals surface area contributed by atoms with Gasteiger partial charge in [-0.3, -0.25) is 14.7 Å². The first-order valence-corrected chi connectivity index (χ1v) is 6.51. The fourth-order valence-electron chi connectivity index (χ4n) is 2.41. The first-order valence-electron chi connectivity index (χ1n) is 6.14. The second-order valence-corrected chi connectivity index (χ2v) is 5.03. The molecule has 1 aliphatic carbocycles. The molecule has 0 aromatic carbocycles. The summed E-state index contributed by atoms with van der Waals surface area (Å²) in [6.45, 7) is 0.868. The van der Waals surface area contributed by atoms with E-state index < -0.39 is 0 Å². The van der Waals surface area contributed by atoms with Gasteiger partial charge in [-0.15, -0.1) is 0 Å². The van der Waals surface area contributed by atoms with Gasteiger partial charge in [0.05, 0.1) is 24.6 Å². The van der Waals surface area contributed by atoms with Gasteiger partial charge in [-0.25, -0.2) is 4.98 Å². The van der Waals surface area contributed by atoms with Crippen LogP contribution in [0.2, 0.25) is 5.15 Å². The molecule has 1 aromatic heterocycles. The lowest BCUT2D eigenvalue weighted by molar-refractivity contribution is -0.119. The van der Waals surface area contributed by atoms with Crippen molar-refractivity contribution in [2.45, 2.75) is 38.3 Å². The molecule has 2 rings (SSSR count). The molecule has 0 spiro atoms. The summed E-state index contributed by atoms with van der Waals surface area (Å²) in [5.41, 5.74) is 6.11. The van der Waals surface area contributed by atoms with Crippen LogP contribution in [0.5, 0.6) is 0 Å². The molecule has 0 saturated heterocycles. The van der Waals surface area contributed by atoms with Crippen LogP contribution in [-0.2, 0) is 11.3 Å². The van der Waals surface area contributed by atoms with Crippen molar-refractivity contribution in [2.24, 2.45) is 5.73 Å². The highest BCUT2D eigenvalue weighted by Gasteiger charge is 2.24. The van der Waals surface area contributed by atoms with Crippen molar-refractivity contribution in [1.29, 1.82) is 0 Å². The number of nitrogens with zero attached hydrogens (tertiary/aromatic N) is 3. The van der Waals surface area contributed by atoms with Crippen LogP contribution in [-0.4, -0.2) is 33.4 Å². The van der Waals surface area contributed by atoms with Crippen molar-refractivity contribution < 1.29 is 4.79 Å². The van der Waals surface area contributed by atoms with Crippen molar-refractivity contribution in [1.82, 2.24) is 14.9 Å². The smallest absolute Gasteiger partial charge is 0.231 e. The number of primary amides is 1. The van der Waals surface area contributed by atoms with Gasteiger partial charge in [0, 0.05) is 12.6 Å². The largest absolute Gasteiger partial charge is 0.369 e. The van der Waals surface area contributed by atoms with Crippen molar-refractivity contribution in [3.8, 4) is 0 Å². The van der Waals surface area contributed by atoms with E-state index in [-0.39, 0.29) is 12.5 Å². The molecule has 2 N–H and O–H groups in total. The van der Waals surface area contributed by atoms with Crippen molar-refractivity contribution in [3.63, 3.8) is 0 Å². The number of hydrogen-bond acceptors (Lipinski definition) is 4. The SMILES string of the molecule is NC(=O)CN(Cc1cnc(Cl)cn1)C1CCCC1. The Morgan fingerprint density at radius 3 is 2.67 bits per heavy atom. The number of nitrogens with two attached hydrogens (primary N) is 1. The minimum Gasteiger partial charge on any atom is -0.369 e. The molecule has 0 unspecified atom stereocenters. The molecule has 0 radical (unpaired) electrons. The zero-order chi connectivity index (χ0) is 13.0. The molecule has 5 nitrogen and oxygen atoms in total. The van der Waals surface area contributed by atoms with Crippen LogP contribution < -0.4 is 5.73 Å². The van der Waals surface area contributed by atoms with E-state index in [4.69, 9.17) is 17.3 Å². The average Bonchev–Trinajstić information content (AvgIpc) is 2.84. The van der Waals surface area contributed by atoms with Gasteiger partial charge < -0.3 is 5.73 Å². The Morgan fingerprint density at radius 1 is 1.39 bits per heavy atom. The van der Waals surface area contributed by atoms with E-state index in [1.54, 1.807) is 6.20 Å². The standard InChI is InChI=1S/C12H17ClN4O/c13-11-6-15-9(5-16-11)7-17(8-12(14)18)10-3-1-2-4-10/h5-6,10H,1-4,7-8H2,(H2,14,18). The third kappa shape index (κ3) is 3.65. The molecule has 18 heavy (non-hydrogen) atoms. The highest BCUT2D eigenvalue weighted by Crippen LogP contribution is 2.24. The maximum Gasteiger partial charge on any atom is 0.231 e. The third-order valence-electron chi connectivity index (χ3n) is 3.24. The second kappa shape index (κ2) is 6.11. The number of carbonyl (C=O) groups excluding carboxylic acids is 1. The van der Waals surface area contributed by atoms with Gasteiger partial charge in [0.2, 0.25) is 5.91 Å². The molecular weight excluding hydrogens is 252 g/mol. The van der Waals surface area contributed by atoms with Crippen LogP contribution in [0.3, 0.4) is 0 Å². The molecule has 6 heteroatoms. The van der Waals surface area contributed by atoms with E-state index in [9.17, 15) is 4.79 Å². The lowest BCUT2D eigenvalue weighted by Gasteiger charge is -2.26. The monoisotopic (exact) mass is 268 g/mol. The highest BCUT2D eigenvalue weighted by atomic mass is 35.5. The zero-order valence-corrected chi connectivity index (χ0v) is 10.9. The Hall–Kier alpha value is -1.20. The van der Waals surface area contributed by atoms with Crippen LogP contribution >= 0.6 is 11.6 Å². The topological polar surface area (TPSA) is 72.1 Å². The number of halogens is 1. The lowest BCUT2D eigenvalue weighted by atomic mass is 10.2. The van der Waals surface area contributed by atoms with E-state index in [2.05, 4.69) is 14.9 Å². The highest BCUT2D eigenvalue weighted by molar-refractivity contribution is 6.29. The Morgan fingerprint density at radius 2 is 2.11 bits per heavy atom. The molecule has 0 atom stereocenters. The van der Waals surface area contributed by atoms with Crippen molar-refractivity contribution in [2.75, 3.05) is 6.54 Å². The first-order chi connectivity index (χ1) is 8.65. The molecule has 98 valence electrons. The fourth-order valence-corrected chi connectivity index (χ4v) is 2.51. The van der Waals surface area contributed by atoms with Gasteiger partial charge in [0.15, 0.2) is 0 Å². The van der Waals surface area contributed by atoms with Crippen molar-refractivity contribution >= 4 is 17.5 Å². The predicted octanol–water partition coefficient (Wildman–Crippen LogP) is 1.36. The summed E-state index contributed by atoms with van der Waals surface area (Å²) in [4.78, 5) is 21.4. The quantitative estimate of drug-likeness (QED) is 0.875. The van der Waals surface area contributed by atoms with Gasteiger partial charge in [-0.05, 0) is 12.8 Å². The molecule has 0 bridgehead atoms. The maximum atomic E-state index is 11.1. The summed E-state index contributed by atoms with van der Waals surface area (Å²) in [6, 6.07) is 0.426. The molecule has 1 aliphatic rings. The first kappa shape index (κ1) is 13.2. The Bertz CT molecular complexity index is 403. The normalized spacial score (nSPS) is 16.3. The van der Waals surface area contributed by atoms with Crippen LogP contribution in [0.25, 0.3) is 0 Å². The fraction of sp³-hybridized carbons (Fsp3) is 0.583. The van der Waals surface area contributed by atoms with Gasteiger partial charge in [-0.2, -0.15) is 0 Å². The third-order valence-corrected chi connectivity index (χ3v) is 3.43. The van der Waals surface area contributed by atoms with Crippen LogP contribution in [0, 0.1) is 0 Å². The van der Waals surface area contributed by atoms with Gasteiger partial charge >= 0.3 is 0 Å². The van der Waals surface area contributed by atoms with E-state index in [0.717, 1.165) is 18.5 Å². The molecule has 0 aliphatic heterocycles. The minimum atomic E-state index is -0.302. The number of rotatable bonds is 5. The summed E-state index contributed by atoms with van der Waals surface area (Å²) >= 11 is 5.70. The van der Waals surface area contributed by atoms with Crippen LogP contribution in [0.1, 0.15) is 31.4 Å². The number of aromatic nitrogens is 2. The molecule has 1 amide bonds. The second-order valence-electron chi connectivity index (χ2n) is 4.64. The molecule has 1 heterocycles. The van der Waals surface area contributed by atoms with E-state index >= 15 is 0 Å². The van der Waals surface area contributed by atoms with Crippen LogP contribution in [0.15, 0.2) is 12.4 Å². The number of hydrogen-bond donors (Lipinski definition) is 1. The van der Waals surface area contributed by atoms with Gasteiger partial charge in [0.1, 0.15) is 5.15 Å². The molecule has 1 saturated carbocycles. The predicted molar refractivity (Wildman–Crippen MR) is 68.9 cm³/mol. The van der Waals surface area contributed by atoms with E-state index in [1.165, 1.54) is 19.0 Å². The van der Waals surface area contributed by atoms with Crippen molar-refractivity contribution in [3.05, 3.63) is 23.2 Å². The molecular formula is C12H17ClN4O. The van der Waals surface area contributed by atoms with Gasteiger partial charge in [-0.1, -0.05) is 24.4 Å².